The van der Waals surface area contributed by atoms with Crippen LogP contribution in [-0.4, -0.2) is 24.1 Å². The molecule has 0 aliphatic carbocycles. The maximum Gasteiger partial charge on any atom is 0.335 e. The summed E-state index contributed by atoms with van der Waals surface area (Å²) in [5, 5.41) is 8.77. The van der Waals surface area contributed by atoms with Crippen molar-refractivity contribution in [2.24, 2.45) is 7.05 Å². The van der Waals surface area contributed by atoms with Gasteiger partial charge in [0.15, 0.2) is 0 Å². The number of sulfonamides is 1. The molecule has 1 aromatic heterocycles. The molecule has 2 N–H and O–H groups in total. The fraction of sp³-hybridized carbons (Fsp3) is 0.0769. The lowest BCUT2D eigenvalue weighted by Crippen LogP contribution is -2.23. The first-order valence-electron chi connectivity index (χ1n) is 5.83. The number of carboxylic acids is 1. The van der Waals surface area contributed by atoms with Gasteiger partial charge in [-0.05, 0) is 36.4 Å². The molecular weight excluding hydrogens is 296 g/mol. The summed E-state index contributed by atoms with van der Waals surface area (Å²) in [6.07, 6.45) is 1.50. The monoisotopic (exact) mass is 308 g/mol. The van der Waals surface area contributed by atoms with Gasteiger partial charge in [0.2, 0.25) is 0 Å². The quantitative estimate of drug-likeness (QED) is 0.872. The molecule has 2 rings (SSSR count). The van der Waals surface area contributed by atoms with Crippen LogP contribution in [0.5, 0.6) is 0 Å². The van der Waals surface area contributed by atoms with Crippen molar-refractivity contribution in [3.05, 3.63) is 58.5 Å². The van der Waals surface area contributed by atoms with Crippen LogP contribution < -0.4 is 10.3 Å². The lowest BCUT2D eigenvalue weighted by atomic mass is 10.2. The molecule has 1 heterocycles. The average Bonchev–Trinajstić information content (AvgIpc) is 2.44. The van der Waals surface area contributed by atoms with Crippen molar-refractivity contribution in [1.29, 1.82) is 0 Å². The molecule has 0 fully saturated rings. The highest BCUT2D eigenvalue weighted by Crippen LogP contribution is 2.14. The molecule has 2 aromatic rings. The van der Waals surface area contributed by atoms with Gasteiger partial charge in [0.05, 0.1) is 10.5 Å². The van der Waals surface area contributed by atoms with Crippen LogP contribution in [0.25, 0.3) is 0 Å². The number of carboxylic acid groups (broad SMARTS) is 1. The van der Waals surface area contributed by atoms with Crippen molar-refractivity contribution in [2.45, 2.75) is 4.90 Å². The number of carbonyl (C=O) groups is 1. The highest BCUT2D eigenvalue weighted by molar-refractivity contribution is 7.92. The molecule has 0 atom stereocenters. The topological polar surface area (TPSA) is 105 Å². The van der Waals surface area contributed by atoms with E-state index in [4.69, 9.17) is 5.11 Å². The molecule has 0 amide bonds. The van der Waals surface area contributed by atoms with Gasteiger partial charge in [0.25, 0.3) is 15.6 Å². The molecule has 7 nitrogen and oxygen atoms in total. The Balaban J connectivity index is 2.36. The van der Waals surface area contributed by atoms with Crippen molar-refractivity contribution in [3.63, 3.8) is 0 Å². The van der Waals surface area contributed by atoms with Crippen LogP contribution in [0.15, 0.2) is 52.3 Å². The molecule has 110 valence electrons. The Morgan fingerprint density at radius 1 is 1.19 bits per heavy atom. The van der Waals surface area contributed by atoms with Crippen LogP contribution in [-0.2, 0) is 17.1 Å². The first-order valence-corrected chi connectivity index (χ1v) is 7.31. The summed E-state index contributed by atoms with van der Waals surface area (Å²) in [7, 11) is -2.45. The van der Waals surface area contributed by atoms with Gasteiger partial charge in [-0.1, -0.05) is 0 Å². The molecule has 21 heavy (non-hydrogen) atoms. The van der Waals surface area contributed by atoms with Gasteiger partial charge >= 0.3 is 5.97 Å². The van der Waals surface area contributed by atoms with Gasteiger partial charge in [-0.3, -0.25) is 9.52 Å². The maximum atomic E-state index is 12.1. The van der Waals surface area contributed by atoms with E-state index < -0.39 is 21.6 Å². The lowest BCUT2D eigenvalue weighted by Gasteiger charge is -2.08. The minimum Gasteiger partial charge on any atom is -0.478 e. The van der Waals surface area contributed by atoms with E-state index in [9.17, 15) is 18.0 Å². The number of anilines is 1. The molecule has 0 spiro atoms. The second-order valence-electron chi connectivity index (χ2n) is 4.27. The van der Waals surface area contributed by atoms with Crippen LogP contribution >= 0.6 is 0 Å². The third-order valence-electron chi connectivity index (χ3n) is 2.78. The number of aromatic carboxylic acids is 1. The maximum absolute atomic E-state index is 12.1. The second-order valence-corrected chi connectivity index (χ2v) is 5.96. The summed E-state index contributed by atoms with van der Waals surface area (Å²) in [4.78, 5) is 22.4. The summed E-state index contributed by atoms with van der Waals surface area (Å²) in [6.45, 7) is 0. The highest BCUT2D eigenvalue weighted by Gasteiger charge is 2.16. The van der Waals surface area contributed by atoms with E-state index in [1.807, 2.05) is 0 Å². The Kier molecular flexibility index (Phi) is 3.81. The molecule has 0 radical (unpaired) electrons. The molecule has 0 unspecified atom stereocenters. The van der Waals surface area contributed by atoms with Gasteiger partial charge in [-0.2, -0.15) is 0 Å². The zero-order valence-electron chi connectivity index (χ0n) is 11.0. The number of nitrogens with one attached hydrogen (secondary N) is 1. The largest absolute Gasteiger partial charge is 0.478 e. The van der Waals surface area contributed by atoms with Crippen LogP contribution in [0.3, 0.4) is 0 Å². The van der Waals surface area contributed by atoms with E-state index in [2.05, 4.69) is 4.72 Å². The first-order chi connectivity index (χ1) is 9.81. The van der Waals surface area contributed by atoms with Gasteiger partial charge in [0.1, 0.15) is 5.69 Å². The number of hydrogen-bond donors (Lipinski definition) is 2. The zero-order valence-corrected chi connectivity index (χ0v) is 11.8. The minimum atomic E-state index is -3.95. The fourth-order valence-corrected chi connectivity index (χ4v) is 2.71. The van der Waals surface area contributed by atoms with Gasteiger partial charge < -0.3 is 9.67 Å². The highest BCUT2D eigenvalue weighted by atomic mass is 32.2. The summed E-state index contributed by atoms with van der Waals surface area (Å²) in [5.41, 5.74) is -0.588. The summed E-state index contributed by atoms with van der Waals surface area (Å²) in [5.74, 6) is -1.15. The van der Waals surface area contributed by atoms with Crippen molar-refractivity contribution < 1.29 is 18.3 Å². The predicted molar refractivity (Wildman–Crippen MR) is 75.9 cm³/mol. The van der Waals surface area contributed by atoms with Crippen LogP contribution in [0.1, 0.15) is 10.4 Å². The van der Waals surface area contributed by atoms with Crippen LogP contribution in [0, 0.1) is 0 Å². The second kappa shape index (κ2) is 5.41. The molecule has 0 aliphatic heterocycles. The minimum absolute atomic E-state index is 0.0235. The van der Waals surface area contributed by atoms with E-state index in [1.54, 1.807) is 0 Å². The summed E-state index contributed by atoms with van der Waals surface area (Å²) < 4.78 is 27.7. The lowest BCUT2D eigenvalue weighted by molar-refractivity contribution is 0.0696. The predicted octanol–water partition coefficient (Wildman–Crippen LogP) is 0.884. The first kappa shape index (κ1) is 14.8. The van der Waals surface area contributed by atoms with Crippen LogP contribution in [0.4, 0.5) is 5.69 Å². The van der Waals surface area contributed by atoms with Crippen molar-refractivity contribution >= 4 is 21.7 Å². The average molecular weight is 308 g/mol. The van der Waals surface area contributed by atoms with E-state index in [1.165, 1.54) is 54.2 Å². The van der Waals surface area contributed by atoms with E-state index in [-0.39, 0.29) is 16.1 Å². The molecule has 8 heteroatoms. The van der Waals surface area contributed by atoms with Crippen molar-refractivity contribution in [2.75, 3.05) is 4.72 Å². The molecule has 0 saturated carbocycles. The van der Waals surface area contributed by atoms with Gasteiger partial charge in [-0.15, -0.1) is 0 Å². The molecular formula is C13H12N2O5S. The molecule has 0 saturated heterocycles. The van der Waals surface area contributed by atoms with E-state index in [0.29, 0.717) is 0 Å². The third kappa shape index (κ3) is 3.11. The Morgan fingerprint density at radius 3 is 2.38 bits per heavy atom. The van der Waals surface area contributed by atoms with E-state index in [0.717, 1.165) is 0 Å². The zero-order chi connectivity index (χ0) is 15.6. The standard InChI is InChI=1S/C13H12N2O5S/c1-15-8-2-3-11(12(15)16)14-21(19,20)10-6-4-9(5-7-10)13(17)18/h2-8,14H,1H3,(H,17,18). The Bertz CT molecular complexity index is 838. The normalized spacial score (nSPS) is 11.1. The molecule has 0 aliphatic rings. The van der Waals surface area contributed by atoms with E-state index >= 15 is 0 Å². The third-order valence-corrected chi connectivity index (χ3v) is 4.16. The SMILES string of the molecule is Cn1cccc(NS(=O)(=O)c2ccc(C(=O)O)cc2)c1=O. The number of pyridine rings is 1. The molecule has 1 aromatic carbocycles. The van der Waals surface area contributed by atoms with Crippen molar-refractivity contribution in [1.82, 2.24) is 4.57 Å². The Labute approximate surface area is 120 Å². The number of aryl methyl sites for hydroxylation is 1. The number of nitrogens with zero attached hydrogens (tertiary/aromatic N) is 1. The number of benzene rings is 1. The smallest absolute Gasteiger partial charge is 0.335 e. The number of hydrogen-bond acceptors (Lipinski definition) is 4. The summed E-state index contributed by atoms with van der Waals surface area (Å²) in [6, 6.07) is 7.58. The number of rotatable bonds is 4. The summed E-state index contributed by atoms with van der Waals surface area (Å²) >= 11 is 0. The van der Waals surface area contributed by atoms with Crippen molar-refractivity contribution in [3.8, 4) is 0 Å². The number of aromatic nitrogens is 1. The Morgan fingerprint density at radius 2 is 1.81 bits per heavy atom. The van der Waals surface area contributed by atoms with Crippen LogP contribution in [0.2, 0.25) is 0 Å². The fourth-order valence-electron chi connectivity index (χ4n) is 1.66. The Hall–Kier alpha value is -2.61. The molecule has 0 bridgehead atoms. The van der Waals surface area contributed by atoms with Gasteiger partial charge in [-0.25, -0.2) is 13.2 Å². The van der Waals surface area contributed by atoms with Gasteiger partial charge in [0, 0.05) is 13.2 Å².